The second kappa shape index (κ2) is 7.09. The second-order valence-corrected chi connectivity index (χ2v) is 5.92. The van der Waals surface area contributed by atoms with Gasteiger partial charge in [0, 0.05) is 6.92 Å². The average Bonchev–Trinajstić information content (AvgIpc) is 1.21. The molecular weight excluding hydrogens is 179 g/mol. The fourth-order valence-corrected chi connectivity index (χ4v) is 1.06. The van der Waals surface area contributed by atoms with Crippen LogP contribution in [0.1, 0.15) is 6.92 Å². The summed E-state index contributed by atoms with van der Waals surface area (Å²) in [5.41, 5.74) is 0. The normalized spacial score (nSPS) is 10.4. The van der Waals surface area contributed by atoms with Gasteiger partial charge in [0.1, 0.15) is 0 Å². The van der Waals surface area contributed by atoms with E-state index < -0.39 is 10.3 Å². The summed E-state index contributed by atoms with van der Waals surface area (Å²) < 4.78 is 4.88. The zero-order valence-corrected chi connectivity index (χ0v) is 11.1. The molecule has 0 saturated heterocycles. The van der Waals surface area contributed by atoms with Crippen molar-refractivity contribution in [2.75, 3.05) is 18.8 Å². The first kappa shape index (κ1) is 17.5. The summed E-state index contributed by atoms with van der Waals surface area (Å²) in [7, 11) is -1.07. The molecule has 0 aromatic carbocycles. The Morgan fingerprint density at radius 2 is 1.60 bits per heavy atom. The summed E-state index contributed by atoms with van der Waals surface area (Å²) in [6, 6.07) is 0. The van der Waals surface area contributed by atoms with Gasteiger partial charge in [0.15, 0.2) is 0 Å². The molecule has 0 saturated carbocycles. The average molecular weight is 192 g/mol. The summed E-state index contributed by atoms with van der Waals surface area (Å²) in [5.74, 6) is -0.187. The Morgan fingerprint density at radius 1 is 1.30 bits per heavy atom. The fourth-order valence-electron chi connectivity index (χ4n) is 0.352. The van der Waals surface area contributed by atoms with Crippen LogP contribution in [-0.4, -0.2) is 30.2 Å². The van der Waals surface area contributed by atoms with Crippen molar-refractivity contribution in [3.05, 3.63) is 0 Å². The first-order chi connectivity index (χ1) is 3.42. The molecule has 0 unspecified atom stereocenters. The van der Waals surface area contributed by atoms with E-state index in [1.165, 1.54) is 6.92 Å². The van der Waals surface area contributed by atoms with Crippen LogP contribution in [0, 0.1) is 0 Å². The molecule has 0 aliphatic heterocycles. The SMILES string of the molecule is CC(=O)OS(C)(C)C.[K+].[OH-]. The molecule has 0 heterocycles. The fraction of sp³-hybridized carbons (Fsp3) is 0.800. The molecule has 0 aliphatic rings. The van der Waals surface area contributed by atoms with Crippen LogP contribution in [0.15, 0.2) is 0 Å². The Labute approximate surface area is 106 Å². The summed E-state index contributed by atoms with van der Waals surface area (Å²) in [5, 5.41) is 0. The number of hydrogen-bond acceptors (Lipinski definition) is 3. The zero-order chi connectivity index (χ0) is 6.78. The van der Waals surface area contributed by atoms with Gasteiger partial charge in [0.05, 0.1) is 0 Å². The van der Waals surface area contributed by atoms with Crippen molar-refractivity contribution in [1.29, 1.82) is 0 Å². The van der Waals surface area contributed by atoms with Crippen molar-refractivity contribution in [1.82, 2.24) is 0 Å². The quantitative estimate of drug-likeness (QED) is 0.451. The molecule has 0 fully saturated rings. The van der Waals surface area contributed by atoms with Crippen molar-refractivity contribution < 1.29 is 65.8 Å². The molecule has 10 heavy (non-hydrogen) atoms. The first-order valence-electron chi connectivity index (χ1n) is 2.30. The molecular formula is C5H13KO3S. The number of hydrogen-bond donors (Lipinski definition) is 0. The van der Waals surface area contributed by atoms with Crippen LogP contribution in [0.2, 0.25) is 0 Å². The summed E-state index contributed by atoms with van der Waals surface area (Å²) in [6.07, 6.45) is 5.78. The molecule has 1 N–H and O–H groups in total. The predicted octanol–water partition coefficient (Wildman–Crippen LogP) is -2.01. The first-order valence-corrected chi connectivity index (χ1v) is 5.08. The van der Waals surface area contributed by atoms with Gasteiger partial charge in [-0.2, -0.15) is 0 Å². The van der Waals surface area contributed by atoms with Crippen LogP contribution < -0.4 is 51.4 Å². The summed E-state index contributed by atoms with van der Waals surface area (Å²) >= 11 is 0. The molecule has 0 radical (unpaired) electrons. The van der Waals surface area contributed by atoms with Crippen molar-refractivity contribution >= 4 is 16.3 Å². The van der Waals surface area contributed by atoms with Crippen LogP contribution >= 0.6 is 10.3 Å². The third-order valence-corrected chi connectivity index (χ3v) is 1.10. The van der Waals surface area contributed by atoms with Gasteiger partial charge in [-0.1, -0.05) is 10.3 Å². The van der Waals surface area contributed by atoms with E-state index >= 15 is 0 Å². The van der Waals surface area contributed by atoms with Crippen LogP contribution in [0.25, 0.3) is 0 Å². The molecule has 0 aromatic heterocycles. The largest absolute Gasteiger partial charge is 1.00 e. The smallest absolute Gasteiger partial charge is 0.870 e. The maximum absolute atomic E-state index is 10.3. The Morgan fingerprint density at radius 3 is 1.60 bits per heavy atom. The van der Waals surface area contributed by atoms with Gasteiger partial charge < -0.3 is 9.66 Å². The number of carbonyl (C=O) groups is 1. The van der Waals surface area contributed by atoms with Gasteiger partial charge in [-0.25, -0.2) is 0 Å². The maximum atomic E-state index is 10.3. The predicted molar refractivity (Wildman–Crippen MR) is 39.1 cm³/mol. The van der Waals surface area contributed by atoms with E-state index in [9.17, 15) is 4.79 Å². The van der Waals surface area contributed by atoms with E-state index in [0.717, 1.165) is 0 Å². The Hall–Kier alpha value is 1.42. The van der Waals surface area contributed by atoms with Gasteiger partial charge in [-0.05, 0) is 18.8 Å². The minimum absolute atomic E-state index is 0. The molecule has 0 rings (SSSR count). The topological polar surface area (TPSA) is 56.3 Å². The van der Waals surface area contributed by atoms with Crippen LogP contribution in [0.3, 0.4) is 0 Å². The zero-order valence-electron chi connectivity index (χ0n) is 7.17. The Kier molecular flexibility index (Phi) is 12.4. The third kappa shape index (κ3) is 16.2. The number of rotatable bonds is 1. The summed E-state index contributed by atoms with van der Waals surface area (Å²) in [4.78, 5) is 10.3. The van der Waals surface area contributed by atoms with E-state index in [4.69, 9.17) is 4.18 Å². The van der Waals surface area contributed by atoms with Gasteiger partial charge in [-0.15, -0.1) is 0 Å². The van der Waals surface area contributed by atoms with E-state index in [1.807, 2.05) is 18.8 Å². The molecule has 58 valence electrons. The molecule has 0 aliphatic carbocycles. The van der Waals surface area contributed by atoms with Crippen molar-refractivity contribution in [2.45, 2.75) is 6.92 Å². The molecule has 0 spiro atoms. The van der Waals surface area contributed by atoms with E-state index in [1.54, 1.807) is 0 Å². The summed E-state index contributed by atoms with van der Waals surface area (Å²) in [6.45, 7) is 1.43. The van der Waals surface area contributed by atoms with Crippen LogP contribution in [-0.2, 0) is 8.98 Å². The molecule has 3 nitrogen and oxygen atoms in total. The van der Waals surface area contributed by atoms with E-state index in [-0.39, 0.29) is 62.8 Å². The maximum Gasteiger partial charge on any atom is 1.00 e. The standard InChI is InChI=1S/C5H12O2S.K.H2O/c1-5(6)7-8(2,3)4;;/h1-4H3;;1H2/q;+1;/p-1. The minimum atomic E-state index is -1.07. The Bertz CT molecular complexity index is 99.6. The molecule has 0 amide bonds. The van der Waals surface area contributed by atoms with Crippen LogP contribution in [0.5, 0.6) is 0 Å². The van der Waals surface area contributed by atoms with Gasteiger partial charge in [0.25, 0.3) is 0 Å². The van der Waals surface area contributed by atoms with E-state index in [2.05, 4.69) is 0 Å². The van der Waals surface area contributed by atoms with Gasteiger partial charge in [-0.3, -0.25) is 4.79 Å². The van der Waals surface area contributed by atoms with Gasteiger partial charge >= 0.3 is 57.4 Å². The molecule has 5 heteroatoms. The third-order valence-electron chi connectivity index (χ3n) is 0.367. The molecule has 0 atom stereocenters. The van der Waals surface area contributed by atoms with Crippen LogP contribution in [0.4, 0.5) is 0 Å². The number of carbonyl (C=O) groups excluding carboxylic acids is 1. The molecule has 0 bridgehead atoms. The molecule has 0 aromatic rings. The van der Waals surface area contributed by atoms with Gasteiger partial charge in [0.2, 0.25) is 0 Å². The second-order valence-electron chi connectivity index (χ2n) is 2.30. The monoisotopic (exact) mass is 192 g/mol. The van der Waals surface area contributed by atoms with Crippen molar-refractivity contribution in [3.8, 4) is 0 Å². The van der Waals surface area contributed by atoms with E-state index in [0.29, 0.717) is 0 Å². The Balaban J connectivity index is -0.000000245. The minimum Gasteiger partial charge on any atom is -0.870 e. The van der Waals surface area contributed by atoms with Crippen molar-refractivity contribution in [3.63, 3.8) is 0 Å². The van der Waals surface area contributed by atoms with Crippen molar-refractivity contribution in [2.24, 2.45) is 0 Å².